The number of benzene rings is 1. The maximum absolute atomic E-state index is 11.9. The highest BCUT2D eigenvalue weighted by Crippen LogP contribution is 2.31. The molecule has 0 amide bonds. The van der Waals surface area contributed by atoms with Crippen molar-refractivity contribution in [2.24, 2.45) is 4.99 Å². The standard InChI is InChI=1S/C17H19NO2S2/c1-2-21-17-18-15(16(19)22-17)11-12-7-9-14(10-8-12)20-13-5-3-4-6-13/h7-11,13H,2-6H2,1H3. The van der Waals surface area contributed by atoms with Crippen molar-refractivity contribution in [1.29, 1.82) is 0 Å². The molecule has 1 aromatic rings. The lowest BCUT2D eigenvalue weighted by molar-refractivity contribution is -0.107. The highest BCUT2D eigenvalue weighted by atomic mass is 32.2. The van der Waals surface area contributed by atoms with Crippen molar-refractivity contribution < 1.29 is 9.53 Å². The van der Waals surface area contributed by atoms with Gasteiger partial charge in [-0.1, -0.05) is 30.8 Å². The van der Waals surface area contributed by atoms with Gasteiger partial charge in [-0.25, -0.2) is 4.99 Å². The van der Waals surface area contributed by atoms with E-state index in [1.165, 1.54) is 24.6 Å². The van der Waals surface area contributed by atoms with Gasteiger partial charge in [0.25, 0.3) is 0 Å². The second-order valence-corrected chi connectivity index (χ2v) is 7.80. The van der Waals surface area contributed by atoms with Crippen molar-refractivity contribution >= 4 is 39.1 Å². The summed E-state index contributed by atoms with van der Waals surface area (Å²) in [6, 6.07) is 7.91. The van der Waals surface area contributed by atoms with Gasteiger partial charge in [-0.15, -0.1) is 0 Å². The molecule has 0 N–H and O–H groups in total. The fourth-order valence-corrected chi connectivity index (χ4v) is 4.31. The van der Waals surface area contributed by atoms with Crippen LogP contribution in [0.5, 0.6) is 5.75 Å². The van der Waals surface area contributed by atoms with E-state index in [0.717, 1.165) is 34.3 Å². The van der Waals surface area contributed by atoms with Crippen LogP contribution < -0.4 is 4.74 Å². The highest BCUT2D eigenvalue weighted by molar-refractivity contribution is 8.45. The summed E-state index contributed by atoms with van der Waals surface area (Å²) in [5, 5.41) is 0.0298. The van der Waals surface area contributed by atoms with Crippen molar-refractivity contribution in [2.75, 3.05) is 5.75 Å². The Hall–Kier alpha value is -1.20. The number of thioether (sulfide) groups is 2. The molecule has 3 rings (SSSR count). The first-order chi connectivity index (χ1) is 10.7. The molecule has 1 aliphatic carbocycles. The molecule has 1 aromatic carbocycles. The fourth-order valence-electron chi connectivity index (χ4n) is 2.57. The van der Waals surface area contributed by atoms with E-state index in [-0.39, 0.29) is 5.12 Å². The molecule has 1 fully saturated rings. The van der Waals surface area contributed by atoms with E-state index in [0.29, 0.717) is 11.8 Å². The molecular weight excluding hydrogens is 314 g/mol. The van der Waals surface area contributed by atoms with E-state index in [2.05, 4.69) is 11.9 Å². The van der Waals surface area contributed by atoms with Crippen LogP contribution in [0.4, 0.5) is 0 Å². The largest absolute Gasteiger partial charge is 0.490 e. The lowest BCUT2D eigenvalue weighted by atomic mass is 10.2. The van der Waals surface area contributed by atoms with Crippen molar-refractivity contribution in [3.05, 3.63) is 35.5 Å². The summed E-state index contributed by atoms with van der Waals surface area (Å²) >= 11 is 2.83. The molecule has 1 aliphatic heterocycles. The number of rotatable bonds is 4. The Morgan fingerprint density at radius 3 is 2.73 bits per heavy atom. The van der Waals surface area contributed by atoms with Crippen LogP contribution >= 0.6 is 23.5 Å². The van der Waals surface area contributed by atoms with Gasteiger partial charge in [-0.2, -0.15) is 0 Å². The Balaban J connectivity index is 1.67. The average Bonchev–Trinajstić information content (AvgIpc) is 3.12. The first-order valence-electron chi connectivity index (χ1n) is 7.66. The van der Waals surface area contributed by atoms with Crippen LogP contribution in [0.1, 0.15) is 38.2 Å². The van der Waals surface area contributed by atoms with E-state index < -0.39 is 0 Å². The first kappa shape index (κ1) is 15.7. The zero-order valence-corrected chi connectivity index (χ0v) is 14.2. The number of ether oxygens (including phenoxy) is 1. The van der Waals surface area contributed by atoms with E-state index in [4.69, 9.17) is 4.74 Å². The Morgan fingerprint density at radius 2 is 2.05 bits per heavy atom. The summed E-state index contributed by atoms with van der Waals surface area (Å²) < 4.78 is 6.79. The molecular formula is C17H19NO2S2. The maximum atomic E-state index is 11.9. The van der Waals surface area contributed by atoms with Gasteiger partial charge in [0.05, 0.1) is 6.10 Å². The number of carbonyl (C=O) groups is 1. The van der Waals surface area contributed by atoms with Gasteiger partial charge >= 0.3 is 0 Å². The molecule has 0 radical (unpaired) electrons. The molecule has 2 aliphatic rings. The van der Waals surface area contributed by atoms with Crippen molar-refractivity contribution in [1.82, 2.24) is 0 Å². The van der Waals surface area contributed by atoms with Crippen LogP contribution in [-0.4, -0.2) is 21.3 Å². The second kappa shape index (κ2) is 7.38. The smallest absolute Gasteiger partial charge is 0.244 e. The molecule has 0 spiro atoms. The highest BCUT2D eigenvalue weighted by Gasteiger charge is 2.22. The normalized spacial score (nSPS) is 20.7. The minimum atomic E-state index is 0.0298. The summed E-state index contributed by atoms with van der Waals surface area (Å²) in [6.45, 7) is 2.06. The summed E-state index contributed by atoms with van der Waals surface area (Å²) in [5.74, 6) is 1.84. The van der Waals surface area contributed by atoms with Crippen LogP contribution in [-0.2, 0) is 4.79 Å². The molecule has 22 heavy (non-hydrogen) atoms. The topological polar surface area (TPSA) is 38.7 Å². The summed E-state index contributed by atoms with van der Waals surface area (Å²) in [7, 11) is 0. The SMILES string of the molecule is CCSC1=NC(=Cc2ccc(OC3CCCC3)cc2)C(=O)S1. The van der Waals surface area contributed by atoms with Gasteiger partial charge in [-0.3, -0.25) is 4.79 Å². The second-order valence-electron chi connectivity index (χ2n) is 5.32. The third-order valence-electron chi connectivity index (χ3n) is 3.66. The minimum Gasteiger partial charge on any atom is -0.490 e. The third-order valence-corrected chi connectivity index (χ3v) is 5.55. The molecule has 5 heteroatoms. The number of aliphatic imine (C=N–C) groups is 1. The van der Waals surface area contributed by atoms with Gasteiger partial charge in [0, 0.05) is 0 Å². The Bertz CT molecular complexity index is 602. The molecule has 1 heterocycles. The maximum Gasteiger partial charge on any atom is 0.244 e. The van der Waals surface area contributed by atoms with Crippen LogP contribution in [0.2, 0.25) is 0 Å². The van der Waals surface area contributed by atoms with Gasteiger partial charge in [-0.05, 0) is 67.0 Å². The molecule has 0 unspecified atom stereocenters. The predicted octanol–water partition coefficient (Wildman–Crippen LogP) is 4.73. The molecule has 0 atom stereocenters. The van der Waals surface area contributed by atoms with Crippen LogP contribution in [0.3, 0.4) is 0 Å². The zero-order chi connectivity index (χ0) is 15.4. The summed E-state index contributed by atoms with van der Waals surface area (Å²) in [5.41, 5.74) is 1.51. The predicted molar refractivity (Wildman–Crippen MR) is 95.5 cm³/mol. The Labute approximate surface area is 139 Å². The van der Waals surface area contributed by atoms with Gasteiger partial charge < -0.3 is 4.74 Å². The molecule has 3 nitrogen and oxygen atoms in total. The first-order valence-corrected chi connectivity index (χ1v) is 9.47. The van der Waals surface area contributed by atoms with E-state index in [9.17, 15) is 4.79 Å². The Kier molecular flexibility index (Phi) is 5.26. The van der Waals surface area contributed by atoms with E-state index in [1.807, 2.05) is 30.3 Å². The van der Waals surface area contributed by atoms with Crippen molar-refractivity contribution in [3.8, 4) is 5.75 Å². The quantitative estimate of drug-likeness (QED) is 0.747. The van der Waals surface area contributed by atoms with E-state index >= 15 is 0 Å². The number of nitrogens with zero attached hydrogens (tertiary/aromatic N) is 1. The average molecular weight is 333 g/mol. The van der Waals surface area contributed by atoms with Gasteiger partial charge in [0.15, 0.2) is 0 Å². The number of hydrogen-bond donors (Lipinski definition) is 0. The van der Waals surface area contributed by atoms with Crippen molar-refractivity contribution in [2.45, 2.75) is 38.7 Å². The zero-order valence-electron chi connectivity index (χ0n) is 12.6. The molecule has 1 saturated carbocycles. The van der Waals surface area contributed by atoms with Crippen LogP contribution in [0.25, 0.3) is 6.08 Å². The summed E-state index contributed by atoms with van der Waals surface area (Å²) in [6.07, 6.45) is 7.07. The van der Waals surface area contributed by atoms with Crippen molar-refractivity contribution in [3.63, 3.8) is 0 Å². The lowest BCUT2D eigenvalue weighted by Gasteiger charge is -2.12. The molecule has 0 saturated heterocycles. The van der Waals surface area contributed by atoms with E-state index in [1.54, 1.807) is 11.8 Å². The van der Waals surface area contributed by atoms with Gasteiger partial charge in [0.1, 0.15) is 15.8 Å². The van der Waals surface area contributed by atoms with Gasteiger partial charge in [0.2, 0.25) is 5.12 Å². The number of hydrogen-bond acceptors (Lipinski definition) is 5. The molecule has 0 bridgehead atoms. The van der Waals surface area contributed by atoms with Crippen LogP contribution in [0.15, 0.2) is 35.0 Å². The summed E-state index contributed by atoms with van der Waals surface area (Å²) in [4.78, 5) is 16.3. The Morgan fingerprint density at radius 1 is 1.32 bits per heavy atom. The number of carbonyl (C=O) groups excluding carboxylic acids is 1. The monoisotopic (exact) mass is 333 g/mol. The third kappa shape index (κ3) is 3.96. The molecule has 116 valence electrons. The lowest BCUT2D eigenvalue weighted by Crippen LogP contribution is -2.10. The van der Waals surface area contributed by atoms with Crippen LogP contribution in [0, 0.1) is 0 Å². The minimum absolute atomic E-state index is 0.0298. The molecule has 0 aromatic heterocycles. The fraction of sp³-hybridized carbons (Fsp3) is 0.412.